The molecule has 24 heavy (non-hydrogen) atoms. The Morgan fingerprint density at radius 2 is 1.92 bits per heavy atom. The number of benzene rings is 1. The quantitative estimate of drug-likeness (QED) is 0.764. The van der Waals surface area contributed by atoms with Crippen LogP contribution in [0.2, 0.25) is 0 Å². The van der Waals surface area contributed by atoms with E-state index < -0.39 is 10.0 Å². The molecule has 0 aromatic heterocycles. The smallest absolute Gasteiger partial charge is 0.243 e. The van der Waals surface area contributed by atoms with Gasteiger partial charge in [0, 0.05) is 13.1 Å². The van der Waals surface area contributed by atoms with Crippen LogP contribution < -0.4 is 0 Å². The Balaban J connectivity index is 0.00000288. The molecule has 0 saturated carbocycles. The second-order valence-corrected chi connectivity index (χ2v) is 9.00. The third-order valence-corrected chi connectivity index (χ3v) is 6.99. The van der Waals surface area contributed by atoms with E-state index in [0.717, 1.165) is 37.5 Å². The highest BCUT2D eigenvalue weighted by Crippen LogP contribution is 2.20. The molecule has 1 heterocycles. The third kappa shape index (κ3) is 5.45. The lowest BCUT2D eigenvalue weighted by Gasteiger charge is -2.32. The molecule has 1 aromatic rings. The zero-order valence-corrected chi connectivity index (χ0v) is 16.9. The Morgan fingerprint density at radius 3 is 2.50 bits per heavy atom. The predicted octanol–water partition coefficient (Wildman–Crippen LogP) is 3.55. The van der Waals surface area contributed by atoms with Crippen molar-refractivity contribution in [3.63, 3.8) is 0 Å². The van der Waals surface area contributed by atoms with Crippen LogP contribution in [0.1, 0.15) is 38.7 Å². The number of sulfonamides is 1. The van der Waals surface area contributed by atoms with Gasteiger partial charge < -0.3 is 4.90 Å². The average Bonchev–Trinajstić information content (AvgIpc) is 2.53. The average molecular weight is 375 g/mol. The van der Waals surface area contributed by atoms with Crippen molar-refractivity contribution in [2.75, 3.05) is 26.7 Å². The molecule has 1 aliphatic rings. The maximum absolute atomic E-state index is 12.7. The summed E-state index contributed by atoms with van der Waals surface area (Å²) >= 11 is 0. The molecule has 1 atom stereocenters. The lowest BCUT2D eigenvalue weighted by atomic mass is 9.99. The first-order valence-corrected chi connectivity index (χ1v) is 10.0. The molecule has 0 spiro atoms. The zero-order chi connectivity index (χ0) is 17.0. The largest absolute Gasteiger partial charge is 0.303 e. The normalized spacial score (nSPS) is 18.4. The Bertz CT molecular complexity index is 613. The minimum atomic E-state index is -3.41. The first kappa shape index (κ1) is 21.4. The molecule has 6 heteroatoms. The van der Waals surface area contributed by atoms with E-state index in [-0.39, 0.29) is 18.4 Å². The summed E-state index contributed by atoms with van der Waals surface area (Å²) in [5.74, 6) is 0.827. The summed E-state index contributed by atoms with van der Waals surface area (Å²) < 4.78 is 27.0. The van der Waals surface area contributed by atoms with Gasteiger partial charge in [-0.3, -0.25) is 0 Å². The van der Waals surface area contributed by atoms with E-state index >= 15 is 0 Å². The first-order valence-electron chi connectivity index (χ1n) is 8.57. The Labute approximate surface area is 153 Å². The molecule has 0 amide bonds. The van der Waals surface area contributed by atoms with Crippen molar-refractivity contribution in [2.45, 2.75) is 51.0 Å². The van der Waals surface area contributed by atoms with E-state index in [2.05, 4.69) is 11.8 Å². The molecule has 0 radical (unpaired) electrons. The van der Waals surface area contributed by atoms with Gasteiger partial charge in [0.05, 0.1) is 4.90 Å². The molecule has 1 fully saturated rings. The summed E-state index contributed by atoms with van der Waals surface area (Å²) in [6.45, 7) is 9.48. The summed E-state index contributed by atoms with van der Waals surface area (Å²) in [6.07, 6.45) is 3.38. The van der Waals surface area contributed by atoms with Gasteiger partial charge >= 0.3 is 0 Å². The summed E-state index contributed by atoms with van der Waals surface area (Å²) in [5, 5.41) is 0. The number of rotatable bonds is 6. The van der Waals surface area contributed by atoms with Gasteiger partial charge in [-0.2, -0.15) is 4.31 Å². The van der Waals surface area contributed by atoms with Gasteiger partial charge in [0.2, 0.25) is 10.0 Å². The highest BCUT2D eigenvalue weighted by atomic mass is 35.5. The molecule has 0 N–H and O–H groups in total. The summed E-state index contributed by atoms with van der Waals surface area (Å²) in [5.41, 5.74) is 0.967. The van der Waals surface area contributed by atoms with Crippen LogP contribution in [-0.4, -0.2) is 50.3 Å². The number of aryl methyl sites for hydroxylation is 1. The van der Waals surface area contributed by atoms with Crippen LogP contribution in [-0.2, 0) is 10.0 Å². The molecule has 0 unspecified atom stereocenters. The first-order chi connectivity index (χ1) is 10.8. The van der Waals surface area contributed by atoms with Crippen molar-refractivity contribution in [2.24, 2.45) is 5.92 Å². The SMILES string of the molecule is Cc1cccc(S(=O)(=O)N(C)[C@H](C)CCN2CCC(C)CC2)c1.Cl. The number of halogens is 1. The molecule has 2 rings (SSSR count). The molecule has 0 aliphatic carbocycles. The van der Waals surface area contributed by atoms with Gasteiger partial charge in [0.25, 0.3) is 0 Å². The van der Waals surface area contributed by atoms with Crippen LogP contribution in [0.15, 0.2) is 29.2 Å². The third-order valence-electron chi connectivity index (χ3n) is 5.03. The molecule has 1 aliphatic heterocycles. The van der Waals surface area contributed by atoms with Gasteiger partial charge in [-0.15, -0.1) is 12.4 Å². The van der Waals surface area contributed by atoms with Crippen molar-refractivity contribution >= 4 is 22.4 Å². The van der Waals surface area contributed by atoms with Crippen LogP contribution in [0.5, 0.6) is 0 Å². The minimum Gasteiger partial charge on any atom is -0.303 e. The number of hydrogen-bond donors (Lipinski definition) is 0. The van der Waals surface area contributed by atoms with Gasteiger partial charge in [0.1, 0.15) is 0 Å². The molecular weight excluding hydrogens is 344 g/mol. The number of likely N-dealkylation sites (tertiary alicyclic amines) is 1. The summed E-state index contributed by atoms with van der Waals surface area (Å²) in [7, 11) is -1.71. The van der Waals surface area contributed by atoms with E-state index in [1.807, 2.05) is 19.9 Å². The highest BCUT2D eigenvalue weighted by Gasteiger charge is 2.26. The number of nitrogens with zero attached hydrogens (tertiary/aromatic N) is 2. The van der Waals surface area contributed by atoms with Gasteiger partial charge in [0.15, 0.2) is 0 Å². The van der Waals surface area contributed by atoms with Gasteiger partial charge in [-0.25, -0.2) is 8.42 Å². The van der Waals surface area contributed by atoms with Crippen molar-refractivity contribution in [3.8, 4) is 0 Å². The monoisotopic (exact) mass is 374 g/mol. The maximum atomic E-state index is 12.7. The second-order valence-electron chi connectivity index (χ2n) is 7.00. The standard InChI is InChI=1S/C18H30N2O2S.ClH/c1-15-8-11-20(12-9-15)13-10-17(3)19(4)23(21,22)18-7-5-6-16(2)14-18;/h5-7,14-15,17H,8-13H2,1-4H3;1H/t17-;/m1./s1. The fourth-order valence-electron chi connectivity index (χ4n) is 3.02. The topological polar surface area (TPSA) is 40.6 Å². The van der Waals surface area contributed by atoms with E-state index in [1.54, 1.807) is 25.2 Å². The molecule has 138 valence electrons. The maximum Gasteiger partial charge on any atom is 0.243 e. The molecule has 0 bridgehead atoms. The van der Waals surface area contributed by atoms with Crippen molar-refractivity contribution in [1.82, 2.24) is 9.21 Å². The van der Waals surface area contributed by atoms with E-state index in [4.69, 9.17) is 0 Å². The van der Waals surface area contributed by atoms with Crippen molar-refractivity contribution in [1.29, 1.82) is 0 Å². The molecule has 1 aromatic carbocycles. The van der Waals surface area contributed by atoms with Gasteiger partial charge in [-0.05, 0) is 76.4 Å². The summed E-state index contributed by atoms with van der Waals surface area (Å²) in [6, 6.07) is 7.14. The van der Waals surface area contributed by atoms with Crippen molar-refractivity contribution < 1.29 is 8.42 Å². The lowest BCUT2D eigenvalue weighted by molar-refractivity contribution is 0.179. The Hall–Kier alpha value is -0.620. The zero-order valence-electron chi connectivity index (χ0n) is 15.2. The lowest BCUT2D eigenvalue weighted by Crippen LogP contribution is -2.39. The van der Waals surface area contributed by atoms with E-state index in [9.17, 15) is 8.42 Å². The predicted molar refractivity (Wildman–Crippen MR) is 102 cm³/mol. The fraction of sp³-hybridized carbons (Fsp3) is 0.667. The van der Waals surface area contributed by atoms with Crippen LogP contribution in [0.25, 0.3) is 0 Å². The molecule has 1 saturated heterocycles. The van der Waals surface area contributed by atoms with E-state index in [1.165, 1.54) is 17.1 Å². The minimum absolute atomic E-state index is 0. The number of hydrogen-bond acceptors (Lipinski definition) is 3. The second kappa shape index (κ2) is 9.18. The highest BCUT2D eigenvalue weighted by molar-refractivity contribution is 7.89. The summed E-state index contributed by atoms with van der Waals surface area (Å²) in [4.78, 5) is 2.85. The molecular formula is C18H31ClN2O2S. The van der Waals surface area contributed by atoms with Crippen LogP contribution in [0.4, 0.5) is 0 Å². The van der Waals surface area contributed by atoms with Crippen LogP contribution in [0, 0.1) is 12.8 Å². The van der Waals surface area contributed by atoms with Gasteiger partial charge in [-0.1, -0.05) is 19.1 Å². The number of piperidine rings is 1. The molecule has 4 nitrogen and oxygen atoms in total. The van der Waals surface area contributed by atoms with Crippen LogP contribution >= 0.6 is 12.4 Å². The fourth-order valence-corrected chi connectivity index (χ4v) is 4.51. The van der Waals surface area contributed by atoms with E-state index in [0.29, 0.717) is 4.90 Å². The van der Waals surface area contributed by atoms with Crippen LogP contribution in [0.3, 0.4) is 0 Å². The van der Waals surface area contributed by atoms with Crippen molar-refractivity contribution in [3.05, 3.63) is 29.8 Å². The Kier molecular flexibility index (Phi) is 8.20. The Morgan fingerprint density at radius 1 is 1.29 bits per heavy atom.